The minimum Gasteiger partial charge on any atom is -0.290 e. The molecule has 2 aromatic heterocycles. The van der Waals surface area contributed by atoms with E-state index in [1.807, 2.05) is 29.2 Å². The van der Waals surface area contributed by atoms with Crippen LogP contribution in [0.25, 0.3) is 5.78 Å². The average molecular weight is 165 g/mol. The highest BCUT2D eigenvalue weighted by Crippen LogP contribution is 2.12. The van der Waals surface area contributed by atoms with Gasteiger partial charge < -0.3 is 0 Å². The topological polar surface area (TPSA) is 30.2 Å². The highest BCUT2D eigenvalue weighted by Gasteiger charge is 1.94. The fourth-order valence-electron chi connectivity index (χ4n) is 0.903. The van der Waals surface area contributed by atoms with Gasteiger partial charge in [0.05, 0.1) is 0 Å². The quantitative estimate of drug-likeness (QED) is 0.599. The number of nitrogens with zero attached hydrogens (tertiary/aromatic N) is 3. The Bertz CT molecular complexity index is 368. The maximum absolute atomic E-state index is 4.14. The zero-order valence-corrected chi connectivity index (χ0v) is 6.88. The largest absolute Gasteiger partial charge is 0.290 e. The molecule has 0 aliphatic heterocycles. The lowest BCUT2D eigenvalue weighted by Crippen LogP contribution is -1.86. The minimum absolute atomic E-state index is 0.753. The summed E-state index contributed by atoms with van der Waals surface area (Å²) < 4.78 is 1.91. The molecule has 0 saturated heterocycles. The molecule has 0 saturated carbocycles. The summed E-state index contributed by atoms with van der Waals surface area (Å²) in [5, 5.41) is 0. The molecule has 0 aromatic carbocycles. The second-order valence-electron chi connectivity index (χ2n) is 2.13. The average Bonchev–Trinajstić information content (AvgIpc) is 2.50. The first-order chi connectivity index (χ1) is 5.40. The molecule has 0 spiro atoms. The van der Waals surface area contributed by atoms with Crippen molar-refractivity contribution < 1.29 is 0 Å². The minimum atomic E-state index is 0.753. The van der Waals surface area contributed by atoms with E-state index in [1.165, 1.54) is 0 Å². The fourth-order valence-corrected chi connectivity index (χ4v) is 1.28. The van der Waals surface area contributed by atoms with Crippen LogP contribution >= 0.6 is 11.8 Å². The number of hydrogen-bond donors (Lipinski definition) is 0. The summed E-state index contributed by atoms with van der Waals surface area (Å²) in [6.45, 7) is 0. The van der Waals surface area contributed by atoms with Crippen LogP contribution in [0.1, 0.15) is 0 Å². The Labute approximate surface area is 68.5 Å². The molecule has 0 N–H and O–H groups in total. The van der Waals surface area contributed by atoms with E-state index in [2.05, 4.69) is 9.97 Å². The van der Waals surface area contributed by atoms with E-state index >= 15 is 0 Å². The van der Waals surface area contributed by atoms with Crippen molar-refractivity contribution in [3.8, 4) is 0 Å². The molecule has 0 aliphatic carbocycles. The van der Waals surface area contributed by atoms with E-state index in [0.29, 0.717) is 0 Å². The lowest BCUT2D eigenvalue weighted by Gasteiger charge is -1.95. The lowest BCUT2D eigenvalue weighted by molar-refractivity contribution is 1.05. The van der Waals surface area contributed by atoms with Gasteiger partial charge in [-0.25, -0.2) is 9.97 Å². The predicted octanol–water partition coefficient (Wildman–Crippen LogP) is 1.45. The predicted molar refractivity (Wildman–Crippen MR) is 44.8 cm³/mol. The smallest absolute Gasteiger partial charge is 0.233 e. The summed E-state index contributed by atoms with van der Waals surface area (Å²) in [6, 6.07) is 0. The molecule has 0 unspecified atom stereocenters. The molecule has 2 aromatic rings. The molecule has 0 radical (unpaired) electrons. The molecule has 56 valence electrons. The first kappa shape index (κ1) is 6.67. The van der Waals surface area contributed by atoms with Crippen molar-refractivity contribution in [2.75, 3.05) is 6.26 Å². The molecule has 0 atom stereocenters. The van der Waals surface area contributed by atoms with E-state index in [4.69, 9.17) is 0 Å². The third kappa shape index (κ3) is 1.09. The fraction of sp³-hybridized carbons (Fsp3) is 0.143. The number of imidazole rings is 1. The molecule has 0 amide bonds. The Balaban J connectivity index is 2.67. The van der Waals surface area contributed by atoms with Crippen LogP contribution in [-0.4, -0.2) is 20.6 Å². The normalized spacial score (nSPS) is 10.6. The van der Waals surface area contributed by atoms with Gasteiger partial charge in [-0.05, 0) is 6.26 Å². The van der Waals surface area contributed by atoms with Crippen LogP contribution in [0.5, 0.6) is 0 Å². The summed E-state index contributed by atoms with van der Waals surface area (Å²) in [5.74, 6) is 0.753. The third-order valence-corrected chi connectivity index (χ3v) is 2.14. The SMILES string of the molecule is CSc1cnc2nccn2c1. The van der Waals surface area contributed by atoms with E-state index in [-0.39, 0.29) is 0 Å². The van der Waals surface area contributed by atoms with Crippen LogP contribution in [0.3, 0.4) is 0 Å². The third-order valence-electron chi connectivity index (χ3n) is 1.46. The summed E-state index contributed by atoms with van der Waals surface area (Å²) >= 11 is 1.68. The van der Waals surface area contributed by atoms with E-state index < -0.39 is 0 Å². The zero-order chi connectivity index (χ0) is 7.68. The van der Waals surface area contributed by atoms with Crippen LogP contribution in [-0.2, 0) is 0 Å². The van der Waals surface area contributed by atoms with Gasteiger partial charge in [0.2, 0.25) is 5.78 Å². The lowest BCUT2D eigenvalue weighted by atomic mass is 10.6. The van der Waals surface area contributed by atoms with Gasteiger partial charge in [-0.1, -0.05) is 0 Å². The Kier molecular flexibility index (Phi) is 1.54. The number of aromatic nitrogens is 3. The van der Waals surface area contributed by atoms with Crippen molar-refractivity contribution >= 4 is 17.5 Å². The molecule has 0 aliphatic rings. The summed E-state index contributed by atoms with van der Waals surface area (Å²) in [5.41, 5.74) is 0. The molecular weight excluding hydrogens is 158 g/mol. The summed E-state index contributed by atoms with van der Waals surface area (Å²) in [7, 11) is 0. The van der Waals surface area contributed by atoms with Gasteiger partial charge in [0, 0.05) is 29.7 Å². The maximum atomic E-state index is 4.14. The highest BCUT2D eigenvalue weighted by atomic mass is 32.2. The Hall–Kier alpha value is -1.03. The number of hydrogen-bond acceptors (Lipinski definition) is 3. The van der Waals surface area contributed by atoms with Crippen molar-refractivity contribution in [3.05, 3.63) is 24.8 Å². The number of rotatable bonds is 1. The number of fused-ring (bicyclic) bond motifs is 1. The van der Waals surface area contributed by atoms with Gasteiger partial charge in [0.15, 0.2) is 0 Å². The van der Waals surface area contributed by atoms with Gasteiger partial charge in [0.1, 0.15) is 0 Å². The van der Waals surface area contributed by atoms with Crippen LogP contribution < -0.4 is 0 Å². The summed E-state index contributed by atoms with van der Waals surface area (Å²) in [4.78, 5) is 9.33. The van der Waals surface area contributed by atoms with Gasteiger partial charge in [-0.3, -0.25) is 4.40 Å². The van der Waals surface area contributed by atoms with Crippen molar-refractivity contribution in [2.45, 2.75) is 4.90 Å². The molecule has 2 rings (SSSR count). The van der Waals surface area contributed by atoms with E-state index in [1.54, 1.807) is 18.0 Å². The Morgan fingerprint density at radius 2 is 2.36 bits per heavy atom. The Morgan fingerprint density at radius 1 is 1.45 bits per heavy atom. The monoisotopic (exact) mass is 165 g/mol. The van der Waals surface area contributed by atoms with Crippen molar-refractivity contribution in [3.63, 3.8) is 0 Å². The first-order valence-electron chi connectivity index (χ1n) is 3.23. The number of thioether (sulfide) groups is 1. The van der Waals surface area contributed by atoms with Crippen molar-refractivity contribution in [1.82, 2.24) is 14.4 Å². The van der Waals surface area contributed by atoms with Gasteiger partial charge in [0.25, 0.3) is 0 Å². The molecule has 11 heavy (non-hydrogen) atoms. The maximum Gasteiger partial charge on any atom is 0.233 e. The van der Waals surface area contributed by atoms with Gasteiger partial charge >= 0.3 is 0 Å². The van der Waals surface area contributed by atoms with Gasteiger partial charge in [-0.15, -0.1) is 11.8 Å². The van der Waals surface area contributed by atoms with Gasteiger partial charge in [-0.2, -0.15) is 0 Å². The van der Waals surface area contributed by atoms with Crippen molar-refractivity contribution in [2.24, 2.45) is 0 Å². The molecular formula is C7H7N3S. The molecule has 0 fully saturated rings. The van der Waals surface area contributed by atoms with Crippen LogP contribution in [0, 0.1) is 0 Å². The van der Waals surface area contributed by atoms with Crippen molar-refractivity contribution in [1.29, 1.82) is 0 Å². The van der Waals surface area contributed by atoms with Crippen LogP contribution in [0.4, 0.5) is 0 Å². The zero-order valence-electron chi connectivity index (χ0n) is 6.06. The molecule has 3 nitrogen and oxygen atoms in total. The molecule has 0 bridgehead atoms. The molecule has 2 heterocycles. The Morgan fingerprint density at radius 3 is 3.18 bits per heavy atom. The second-order valence-corrected chi connectivity index (χ2v) is 3.01. The summed E-state index contributed by atoms with van der Waals surface area (Å²) in [6.07, 6.45) is 9.50. The van der Waals surface area contributed by atoms with E-state index in [9.17, 15) is 0 Å². The van der Waals surface area contributed by atoms with Crippen LogP contribution in [0.2, 0.25) is 0 Å². The standard InChI is InChI=1S/C7H7N3S/c1-11-6-4-9-7-8-2-3-10(7)5-6/h2-5H,1H3. The molecule has 4 heteroatoms. The van der Waals surface area contributed by atoms with Crippen LogP contribution in [0.15, 0.2) is 29.7 Å². The highest BCUT2D eigenvalue weighted by molar-refractivity contribution is 7.98. The second kappa shape index (κ2) is 2.54. The first-order valence-corrected chi connectivity index (χ1v) is 4.45. The van der Waals surface area contributed by atoms with E-state index in [0.717, 1.165) is 10.7 Å².